The lowest BCUT2D eigenvalue weighted by molar-refractivity contribution is 0.473. The molecule has 5 aromatic heterocycles. The lowest BCUT2D eigenvalue weighted by atomic mass is 10.1. The van der Waals surface area contributed by atoms with Crippen molar-refractivity contribution in [1.82, 2.24) is 30.1 Å². The standard InChI is InChI=1S/C22H13FN6OS/c23-19-5-4-18(31-19)13-2-1-3-15-20(13)27-22(26-15)21-14-7-16(25-10-17(14)28-29-21)11-6-12(30)9-24-8-11/h1-10,30H,(H,26,27)(H,28,29). The van der Waals surface area contributed by atoms with Crippen molar-refractivity contribution in [2.75, 3.05) is 0 Å². The number of aromatic nitrogens is 6. The average molecular weight is 428 g/mol. The first-order chi connectivity index (χ1) is 15.2. The number of rotatable bonds is 3. The van der Waals surface area contributed by atoms with Crippen molar-refractivity contribution in [3.8, 4) is 39.0 Å². The van der Waals surface area contributed by atoms with E-state index in [-0.39, 0.29) is 10.9 Å². The van der Waals surface area contributed by atoms with Crippen LogP contribution in [0.2, 0.25) is 0 Å². The summed E-state index contributed by atoms with van der Waals surface area (Å²) in [4.78, 5) is 17.4. The number of H-pyrrole nitrogens is 2. The molecule has 0 unspecified atom stereocenters. The van der Waals surface area contributed by atoms with E-state index < -0.39 is 0 Å². The van der Waals surface area contributed by atoms with Gasteiger partial charge in [0, 0.05) is 27.6 Å². The Hall–Kier alpha value is -4.11. The summed E-state index contributed by atoms with van der Waals surface area (Å²) < 4.78 is 13.6. The van der Waals surface area contributed by atoms with Gasteiger partial charge >= 0.3 is 0 Å². The van der Waals surface area contributed by atoms with E-state index in [4.69, 9.17) is 4.98 Å². The normalized spacial score (nSPS) is 11.5. The molecule has 0 aliphatic rings. The SMILES string of the molecule is Oc1cncc(-c2cc3c(-c4nc5c(-c6ccc(F)s6)cccc5[nH]4)n[nH]c3cn2)c1. The molecule has 3 N–H and O–H groups in total. The molecule has 31 heavy (non-hydrogen) atoms. The molecule has 0 saturated carbocycles. The van der Waals surface area contributed by atoms with Gasteiger partial charge in [0.1, 0.15) is 11.4 Å². The minimum absolute atomic E-state index is 0.0710. The van der Waals surface area contributed by atoms with E-state index in [1.54, 1.807) is 24.5 Å². The first-order valence-electron chi connectivity index (χ1n) is 9.39. The highest BCUT2D eigenvalue weighted by atomic mass is 32.1. The van der Waals surface area contributed by atoms with E-state index in [1.165, 1.54) is 12.3 Å². The second-order valence-corrected chi connectivity index (χ2v) is 8.04. The third-order valence-corrected chi connectivity index (χ3v) is 5.95. The Morgan fingerprint density at radius 1 is 1.00 bits per heavy atom. The smallest absolute Gasteiger partial charge is 0.176 e. The van der Waals surface area contributed by atoms with Gasteiger partial charge in [-0.15, -0.1) is 11.3 Å². The van der Waals surface area contributed by atoms with Crippen molar-refractivity contribution < 1.29 is 9.50 Å². The Morgan fingerprint density at radius 2 is 1.94 bits per heavy atom. The van der Waals surface area contributed by atoms with Crippen LogP contribution in [0.15, 0.2) is 61.1 Å². The first kappa shape index (κ1) is 17.7. The quantitative estimate of drug-likeness (QED) is 0.362. The van der Waals surface area contributed by atoms with E-state index in [9.17, 15) is 9.50 Å². The summed E-state index contributed by atoms with van der Waals surface area (Å²) >= 11 is 1.09. The van der Waals surface area contributed by atoms with Crippen LogP contribution in [0.4, 0.5) is 4.39 Å². The largest absolute Gasteiger partial charge is 0.506 e. The summed E-state index contributed by atoms with van der Waals surface area (Å²) in [7, 11) is 0. The van der Waals surface area contributed by atoms with Crippen LogP contribution in [0.5, 0.6) is 5.75 Å². The number of halogens is 1. The molecule has 5 heterocycles. The molecule has 0 spiro atoms. The Labute approximate surface area is 178 Å². The van der Waals surface area contributed by atoms with Gasteiger partial charge < -0.3 is 10.1 Å². The summed E-state index contributed by atoms with van der Waals surface area (Å²) in [6.07, 6.45) is 4.70. The highest BCUT2D eigenvalue weighted by Gasteiger charge is 2.17. The molecule has 0 saturated heterocycles. The second kappa shape index (κ2) is 6.71. The predicted molar refractivity (Wildman–Crippen MR) is 117 cm³/mol. The lowest BCUT2D eigenvalue weighted by Gasteiger charge is -2.01. The number of imidazole rings is 1. The van der Waals surface area contributed by atoms with Crippen LogP contribution in [0, 0.1) is 5.13 Å². The lowest BCUT2D eigenvalue weighted by Crippen LogP contribution is -1.86. The van der Waals surface area contributed by atoms with Crippen molar-refractivity contribution in [3.63, 3.8) is 0 Å². The summed E-state index contributed by atoms with van der Waals surface area (Å²) in [5.74, 6) is 0.665. The topological polar surface area (TPSA) is 103 Å². The molecule has 0 radical (unpaired) electrons. The number of aromatic hydroxyl groups is 1. The van der Waals surface area contributed by atoms with E-state index in [0.29, 0.717) is 22.8 Å². The van der Waals surface area contributed by atoms with E-state index in [2.05, 4.69) is 25.1 Å². The Kier molecular flexibility index (Phi) is 3.84. The molecule has 0 bridgehead atoms. The van der Waals surface area contributed by atoms with Crippen molar-refractivity contribution >= 4 is 33.3 Å². The third kappa shape index (κ3) is 2.94. The van der Waals surface area contributed by atoms with Crippen LogP contribution < -0.4 is 0 Å². The number of hydrogen-bond acceptors (Lipinski definition) is 6. The number of thiophene rings is 1. The molecule has 0 fully saturated rings. The fourth-order valence-corrected chi connectivity index (χ4v) is 4.38. The Bertz CT molecular complexity index is 1580. The number of benzene rings is 1. The molecule has 6 aromatic rings. The van der Waals surface area contributed by atoms with Crippen molar-refractivity contribution in [1.29, 1.82) is 0 Å². The molecule has 7 nitrogen and oxygen atoms in total. The van der Waals surface area contributed by atoms with Crippen molar-refractivity contribution in [2.45, 2.75) is 0 Å². The van der Waals surface area contributed by atoms with Gasteiger partial charge in [0.2, 0.25) is 0 Å². The summed E-state index contributed by atoms with van der Waals surface area (Å²) in [6.45, 7) is 0. The number of nitrogens with zero attached hydrogens (tertiary/aromatic N) is 4. The van der Waals surface area contributed by atoms with Crippen LogP contribution in [0.1, 0.15) is 0 Å². The van der Waals surface area contributed by atoms with Gasteiger partial charge in [-0.25, -0.2) is 4.98 Å². The Balaban J connectivity index is 1.51. The van der Waals surface area contributed by atoms with E-state index in [0.717, 1.165) is 43.7 Å². The minimum Gasteiger partial charge on any atom is -0.506 e. The van der Waals surface area contributed by atoms with Crippen LogP contribution in [0.25, 0.3) is 55.2 Å². The number of nitrogens with one attached hydrogen (secondary N) is 2. The second-order valence-electron chi connectivity index (χ2n) is 7.01. The summed E-state index contributed by atoms with van der Waals surface area (Å²) in [6, 6.07) is 12.5. The number of para-hydroxylation sites is 1. The van der Waals surface area contributed by atoms with Crippen LogP contribution in [0.3, 0.4) is 0 Å². The van der Waals surface area contributed by atoms with Crippen molar-refractivity contribution in [2.24, 2.45) is 0 Å². The molecule has 0 amide bonds. The molecule has 6 rings (SSSR count). The van der Waals surface area contributed by atoms with Crippen molar-refractivity contribution in [3.05, 3.63) is 66.2 Å². The zero-order valence-electron chi connectivity index (χ0n) is 15.8. The van der Waals surface area contributed by atoms with Gasteiger partial charge in [0.15, 0.2) is 11.0 Å². The molecule has 0 atom stereocenters. The van der Waals surface area contributed by atoms with Gasteiger partial charge in [-0.05, 0) is 30.3 Å². The zero-order valence-corrected chi connectivity index (χ0v) is 16.6. The van der Waals surface area contributed by atoms with Crippen LogP contribution in [-0.4, -0.2) is 35.2 Å². The predicted octanol–water partition coefficient (Wildman–Crippen LogP) is 5.14. The summed E-state index contributed by atoms with van der Waals surface area (Å²) in [5.41, 5.74) is 5.21. The maximum Gasteiger partial charge on any atom is 0.176 e. The minimum atomic E-state index is -0.234. The third-order valence-electron chi connectivity index (χ3n) is 5.04. The molecular weight excluding hydrogens is 415 g/mol. The highest BCUT2D eigenvalue weighted by Crippen LogP contribution is 2.35. The zero-order chi connectivity index (χ0) is 20.9. The molecule has 9 heteroatoms. The number of aromatic amines is 2. The number of pyridine rings is 2. The van der Waals surface area contributed by atoms with E-state index in [1.807, 2.05) is 24.3 Å². The molecule has 150 valence electrons. The summed E-state index contributed by atoms with van der Waals surface area (Å²) in [5, 5.41) is 17.8. The van der Waals surface area contributed by atoms with Gasteiger partial charge in [-0.2, -0.15) is 9.49 Å². The Morgan fingerprint density at radius 3 is 2.77 bits per heavy atom. The number of fused-ring (bicyclic) bond motifs is 2. The fourth-order valence-electron chi connectivity index (χ4n) is 3.63. The maximum absolute atomic E-state index is 13.6. The monoisotopic (exact) mass is 428 g/mol. The van der Waals surface area contributed by atoms with Crippen LogP contribution in [-0.2, 0) is 0 Å². The molecule has 0 aliphatic heterocycles. The van der Waals surface area contributed by atoms with Gasteiger partial charge in [0.25, 0.3) is 0 Å². The van der Waals surface area contributed by atoms with Gasteiger partial charge in [-0.3, -0.25) is 15.1 Å². The average Bonchev–Trinajstić information content (AvgIpc) is 3.50. The highest BCUT2D eigenvalue weighted by molar-refractivity contribution is 7.14. The molecule has 1 aromatic carbocycles. The van der Waals surface area contributed by atoms with Gasteiger partial charge in [-0.1, -0.05) is 12.1 Å². The van der Waals surface area contributed by atoms with E-state index >= 15 is 0 Å². The first-order valence-corrected chi connectivity index (χ1v) is 10.2. The molecular formula is C22H13FN6OS. The van der Waals surface area contributed by atoms with Crippen LogP contribution >= 0.6 is 11.3 Å². The number of hydrogen-bond donors (Lipinski definition) is 3. The van der Waals surface area contributed by atoms with Gasteiger partial charge in [0.05, 0.1) is 34.6 Å². The molecule has 0 aliphatic carbocycles. The maximum atomic E-state index is 13.6. The fraction of sp³-hybridized carbons (Fsp3) is 0.